The molecule has 37 heavy (non-hydrogen) atoms. The predicted molar refractivity (Wildman–Crippen MR) is 124 cm³/mol. The fourth-order valence-corrected chi connectivity index (χ4v) is 5.61. The molecule has 1 aliphatic heterocycles. The first-order valence-electron chi connectivity index (χ1n) is 11.1. The Labute approximate surface area is 209 Å². The van der Waals surface area contributed by atoms with Gasteiger partial charge in [0.05, 0.1) is 21.7 Å². The molecule has 0 unspecified atom stereocenters. The Morgan fingerprint density at radius 1 is 0.757 bits per heavy atom. The summed E-state index contributed by atoms with van der Waals surface area (Å²) in [7, 11) is -4.61. The van der Waals surface area contributed by atoms with Crippen LogP contribution in [0.25, 0.3) is 11.3 Å². The molecule has 1 fully saturated rings. The average Bonchev–Trinajstić information content (AvgIpc) is 2.83. The van der Waals surface area contributed by atoms with Gasteiger partial charge in [0.1, 0.15) is 0 Å². The van der Waals surface area contributed by atoms with E-state index in [9.17, 15) is 34.8 Å². The lowest BCUT2D eigenvalue weighted by atomic mass is 10.0. The van der Waals surface area contributed by atoms with Crippen molar-refractivity contribution in [3.8, 4) is 11.3 Å². The first-order valence-corrected chi connectivity index (χ1v) is 12.6. The third-order valence-electron chi connectivity index (χ3n) is 6.07. The molecular weight excluding hydrogens is 522 g/mol. The molecule has 1 aromatic heterocycles. The maximum Gasteiger partial charge on any atom is 0.416 e. The lowest BCUT2D eigenvalue weighted by molar-refractivity contribution is -0.143. The minimum atomic E-state index is -5.15. The summed E-state index contributed by atoms with van der Waals surface area (Å²) in [5.74, 6) is 0.476. The summed E-state index contributed by atoms with van der Waals surface area (Å²) in [6.45, 7) is 3.89. The van der Waals surface area contributed by atoms with Crippen LogP contribution in [0.2, 0.25) is 0 Å². The van der Waals surface area contributed by atoms with E-state index in [1.165, 1.54) is 0 Å². The standard InChI is InChI=1S/C24H22F6N4O2S/c1-15-3-4-20(16(2)11-15)21-5-6-22(32-31-21)33-7-9-34(10-8-33)37(35,36)19-13-17(23(25,26)27)12-18(14-19)24(28,29)30/h3-6,11-14H,7-10H2,1-2H3. The molecule has 2 aromatic carbocycles. The number of benzene rings is 2. The minimum absolute atomic E-state index is 0.0998. The van der Waals surface area contributed by atoms with Crippen LogP contribution in [0, 0.1) is 13.8 Å². The van der Waals surface area contributed by atoms with Gasteiger partial charge in [-0.3, -0.25) is 0 Å². The van der Waals surface area contributed by atoms with Crippen molar-refractivity contribution < 1.29 is 34.8 Å². The molecule has 0 N–H and O–H groups in total. The number of anilines is 1. The number of hydrogen-bond acceptors (Lipinski definition) is 5. The van der Waals surface area contributed by atoms with Gasteiger partial charge in [-0.15, -0.1) is 10.2 Å². The van der Waals surface area contributed by atoms with Gasteiger partial charge < -0.3 is 4.90 Å². The van der Waals surface area contributed by atoms with Crippen molar-refractivity contribution in [1.29, 1.82) is 0 Å². The van der Waals surface area contributed by atoms with Gasteiger partial charge >= 0.3 is 12.4 Å². The highest BCUT2D eigenvalue weighted by molar-refractivity contribution is 7.89. The van der Waals surface area contributed by atoms with E-state index in [4.69, 9.17) is 0 Å². The van der Waals surface area contributed by atoms with Crippen molar-refractivity contribution in [2.75, 3.05) is 31.1 Å². The lowest BCUT2D eigenvalue weighted by Crippen LogP contribution is -2.49. The molecule has 0 amide bonds. The number of hydrogen-bond donors (Lipinski definition) is 0. The van der Waals surface area contributed by atoms with E-state index in [1.54, 1.807) is 17.0 Å². The maximum atomic E-state index is 13.2. The van der Waals surface area contributed by atoms with Crippen molar-refractivity contribution in [2.45, 2.75) is 31.1 Å². The van der Waals surface area contributed by atoms with Gasteiger partial charge in [-0.25, -0.2) is 8.42 Å². The summed E-state index contributed by atoms with van der Waals surface area (Å²) >= 11 is 0. The van der Waals surface area contributed by atoms with E-state index in [-0.39, 0.29) is 44.4 Å². The molecule has 3 aromatic rings. The Morgan fingerprint density at radius 3 is 1.84 bits per heavy atom. The molecule has 0 spiro atoms. The van der Waals surface area contributed by atoms with Crippen molar-refractivity contribution in [3.05, 3.63) is 70.8 Å². The van der Waals surface area contributed by atoms with Crippen LogP contribution in [0.15, 0.2) is 53.4 Å². The Hall–Kier alpha value is -3.19. The fraction of sp³-hybridized carbons (Fsp3) is 0.333. The second-order valence-electron chi connectivity index (χ2n) is 8.73. The van der Waals surface area contributed by atoms with Crippen molar-refractivity contribution in [3.63, 3.8) is 0 Å². The van der Waals surface area contributed by atoms with Gasteiger partial charge in [0, 0.05) is 31.7 Å². The third kappa shape index (κ3) is 5.72. The molecule has 0 radical (unpaired) electrons. The number of alkyl halides is 6. The zero-order valence-corrected chi connectivity index (χ0v) is 20.5. The van der Waals surface area contributed by atoms with Gasteiger partial charge in [0.2, 0.25) is 10.0 Å². The summed E-state index contributed by atoms with van der Waals surface area (Å²) < 4.78 is 106. The molecule has 0 atom stereocenters. The van der Waals surface area contributed by atoms with E-state index < -0.39 is 38.4 Å². The highest BCUT2D eigenvalue weighted by atomic mass is 32.2. The number of sulfonamides is 1. The van der Waals surface area contributed by atoms with Crippen LogP contribution in [0.4, 0.5) is 32.2 Å². The Balaban J connectivity index is 1.52. The van der Waals surface area contributed by atoms with E-state index >= 15 is 0 Å². The zero-order chi connectivity index (χ0) is 27.2. The highest BCUT2D eigenvalue weighted by Crippen LogP contribution is 2.38. The molecule has 0 saturated carbocycles. The molecule has 0 aliphatic carbocycles. The fourth-order valence-electron chi connectivity index (χ4n) is 4.12. The number of nitrogens with zero attached hydrogens (tertiary/aromatic N) is 4. The van der Waals surface area contributed by atoms with Gasteiger partial charge in [0.25, 0.3) is 0 Å². The van der Waals surface area contributed by atoms with Gasteiger partial charge in [-0.05, 0) is 49.7 Å². The Morgan fingerprint density at radius 2 is 1.35 bits per heavy atom. The van der Waals surface area contributed by atoms with Crippen LogP contribution in [0.5, 0.6) is 0 Å². The van der Waals surface area contributed by atoms with Gasteiger partial charge in [-0.1, -0.05) is 23.8 Å². The first kappa shape index (κ1) is 26.9. The molecule has 1 saturated heterocycles. The number of rotatable bonds is 4. The monoisotopic (exact) mass is 544 g/mol. The normalized spacial score (nSPS) is 15.7. The molecular formula is C24H22F6N4O2S. The summed E-state index contributed by atoms with van der Waals surface area (Å²) in [6.07, 6.45) is -10.3. The zero-order valence-electron chi connectivity index (χ0n) is 19.7. The van der Waals surface area contributed by atoms with Crippen molar-refractivity contribution >= 4 is 15.8 Å². The topological polar surface area (TPSA) is 66.4 Å². The molecule has 198 valence electrons. The number of piperazine rings is 1. The van der Waals surface area contributed by atoms with E-state index in [0.717, 1.165) is 21.0 Å². The SMILES string of the molecule is Cc1ccc(-c2ccc(N3CCN(S(=O)(=O)c4cc(C(F)(F)F)cc(C(F)(F)F)c4)CC3)nn2)c(C)c1. The summed E-state index contributed by atoms with van der Waals surface area (Å²) in [5.41, 5.74) is 0.354. The smallest absolute Gasteiger partial charge is 0.352 e. The first-order chi connectivity index (χ1) is 17.2. The number of halogens is 6. The number of aromatic nitrogens is 2. The summed E-state index contributed by atoms with van der Waals surface area (Å²) in [4.78, 5) is 0.693. The second-order valence-corrected chi connectivity index (χ2v) is 10.7. The van der Waals surface area contributed by atoms with Gasteiger partial charge in [0.15, 0.2) is 5.82 Å². The molecule has 6 nitrogen and oxygen atoms in total. The molecule has 4 rings (SSSR count). The van der Waals surface area contributed by atoms with E-state index in [0.29, 0.717) is 11.5 Å². The van der Waals surface area contributed by atoms with Crippen molar-refractivity contribution in [2.24, 2.45) is 0 Å². The molecule has 1 aliphatic rings. The van der Waals surface area contributed by atoms with Crippen LogP contribution in [-0.2, 0) is 22.4 Å². The largest absolute Gasteiger partial charge is 0.416 e. The van der Waals surface area contributed by atoms with E-state index in [1.807, 2.05) is 32.0 Å². The Bertz CT molecular complexity index is 1370. The van der Waals surface area contributed by atoms with Crippen molar-refractivity contribution in [1.82, 2.24) is 14.5 Å². The van der Waals surface area contributed by atoms with Gasteiger partial charge in [-0.2, -0.15) is 30.6 Å². The maximum absolute atomic E-state index is 13.2. The minimum Gasteiger partial charge on any atom is -0.352 e. The summed E-state index contributed by atoms with van der Waals surface area (Å²) in [6, 6.07) is 9.79. The average molecular weight is 545 g/mol. The van der Waals surface area contributed by atoms with Crippen LogP contribution in [0.1, 0.15) is 22.3 Å². The molecule has 2 heterocycles. The quantitative estimate of drug-likeness (QED) is 0.417. The highest BCUT2D eigenvalue weighted by Gasteiger charge is 2.39. The molecule has 0 bridgehead atoms. The number of aryl methyl sites for hydroxylation is 2. The van der Waals surface area contributed by atoms with E-state index in [2.05, 4.69) is 10.2 Å². The van der Waals surface area contributed by atoms with Crippen LogP contribution in [-0.4, -0.2) is 49.1 Å². The third-order valence-corrected chi connectivity index (χ3v) is 7.95. The van der Waals surface area contributed by atoms with Crippen LogP contribution < -0.4 is 4.90 Å². The predicted octanol–water partition coefficient (Wildman–Crippen LogP) is 5.31. The molecule has 13 heteroatoms. The lowest BCUT2D eigenvalue weighted by Gasteiger charge is -2.34. The van der Waals surface area contributed by atoms with Crippen LogP contribution in [0.3, 0.4) is 0 Å². The second kappa shape index (κ2) is 9.60. The Kier molecular flexibility index (Phi) is 6.97. The van der Waals surface area contributed by atoms with Crippen LogP contribution >= 0.6 is 0 Å². The summed E-state index contributed by atoms with van der Waals surface area (Å²) in [5, 5.41) is 8.48.